The number of fused-ring (bicyclic) bond motifs is 1. The van der Waals surface area contributed by atoms with Gasteiger partial charge in [0.15, 0.2) is 0 Å². The average molecular weight is 459 g/mol. The summed E-state index contributed by atoms with van der Waals surface area (Å²) in [5.41, 5.74) is 1.52. The van der Waals surface area contributed by atoms with Crippen LogP contribution in [0.4, 0.5) is 0 Å². The van der Waals surface area contributed by atoms with E-state index in [4.69, 9.17) is 0 Å². The van der Waals surface area contributed by atoms with E-state index in [1.54, 1.807) is 24.4 Å². The molecular formula is C22H30N6O3S. The molecule has 32 heavy (non-hydrogen) atoms. The molecule has 1 aromatic carbocycles. The number of amides is 1. The van der Waals surface area contributed by atoms with Gasteiger partial charge < -0.3 is 14.0 Å². The zero-order valence-electron chi connectivity index (χ0n) is 18.8. The van der Waals surface area contributed by atoms with E-state index < -0.39 is 10.0 Å². The van der Waals surface area contributed by atoms with E-state index in [0.29, 0.717) is 30.9 Å². The number of piperidine rings is 1. The number of aryl methyl sites for hydroxylation is 2. The monoisotopic (exact) mass is 458 g/mol. The Balaban J connectivity index is 1.44. The van der Waals surface area contributed by atoms with Crippen LogP contribution in [0.1, 0.15) is 38.1 Å². The number of benzene rings is 1. The first-order valence-corrected chi connectivity index (χ1v) is 12.4. The summed E-state index contributed by atoms with van der Waals surface area (Å²) in [4.78, 5) is 23.8. The lowest BCUT2D eigenvalue weighted by Crippen LogP contribution is -2.39. The molecular weight excluding hydrogens is 428 g/mol. The first kappa shape index (κ1) is 22.5. The average Bonchev–Trinajstić information content (AvgIpc) is 3.44. The van der Waals surface area contributed by atoms with Crippen LogP contribution in [0.15, 0.2) is 41.8 Å². The van der Waals surface area contributed by atoms with Gasteiger partial charge in [-0.3, -0.25) is 4.79 Å². The van der Waals surface area contributed by atoms with E-state index in [1.807, 2.05) is 24.3 Å². The van der Waals surface area contributed by atoms with Gasteiger partial charge in [0.1, 0.15) is 5.82 Å². The summed E-state index contributed by atoms with van der Waals surface area (Å²) in [5.74, 6) is 0.947. The number of aromatic nitrogens is 4. The summed E-state index contributed by atoms with van der Waals surface area (Å²) in [6.45, 7) is 4.23. The topological polar surface area (TPSA) is 93.3 Å². The molecule has 0 aliphatic carbocycles. The molecule has 1 amide bonds. The highest BCUT2D eigenvalue weighted by atomic mass is 32.2. The Morgan fingerprint density at radius 1 is 1.22 bits per heavy atom. The highest BCUT2D eigenvalue weighted by Gasteiger charge is 2.24. The second-order valence-electron chi connectivity index (χ2n) is 8.33. The van der Waals surface area contributed by atoms with Crippen LogP contribution in [-0.2, 0) is 27.8 Å². The molecule has 3 aromatic rings. The minimum Gasteiger partial charge on any atom is -0.343 e. The third-order valence-corrected chi connectivity index (χ3v) is 8.03. The summed E-state index contributed by atoms with van der Waals surface area (Å²) in [6.07, 6.45) is 8.38. The fourth-order valence-electron chi connectivity index (χ4n) is 4.35. The highest BCUT2D eigenvalue weighted by Crippen LogP contribution is 2.24. The summed E-state index contributed by atoms with van der Waals surface area (Å²) in [5, 5.41) is 0. The van der Waals surface area contributed by atoms with E-state index >= 15 is 0 Å². The third kappa shape index (κ3) is 4.29. The van der Waals surface area contributed by atoms with Gasteiger partial charge in [0.25, 0.3) is 0 Å². The molecule has 172 valence electrons. The van der Waals surface area contributed by atoms with Crippen molar-refractivity contribution in [1.29, 1.82) is 0 Å². The number of sulfonamides is 1. The summed E-state index contributed by atoms with van der Waals surface area (Å²) in [7, 11) is -0.495. The van der Waals surface area contributed by atoms with Crippen molar-refractivity contribution in [2.75, 3.05) is 27.2 Å². The number of imidazole rings is 2. The van der Waals surface area contributed by atoms with Crippen molar-refractivity contribution < 1.29 is 13.2 Å². The van der Waals surface area contributed by atoms with Crippen molar-refractivity contribution in [2.24, 2.45) is 0 Å². The van der Waals surface area contributed by atoms with Gasteiger partial charge in [0, 0.05) is 65.0 Å². The molecule has 0 spiro atoms. The lowest BCUT2D eigenvalue weighted by molar-refractivity contribution is -0.132. The molecule has 1 saturated heterocycles. The molecule has 0 bridgehead atoms. The molecule has 0 radical (unpaired) electrons. The van der Waals surface area contributed by atoms with E-state index in [-0.39, 0.29) is 10.8 Å². The Hall–Kier alpha value is -2.72. The van der Waals surface area contributed by atoms with Crippen LogP contribution >= 0.6 is 0 Å². The van der Waals surface area contributed by atoms with E-state index in [1.165, 1.54) is 18.4 Å². The van der Waals surface area contributed by atoms with Gasteiger partial charge in [-0.15, -0.1) is 0 Å². The smallest absolute Gasteiger partial charge is 0.242 e. The van der Waals surface area contributed by atoms with Crippen molar-refractivity contribution in [3.05, 3.63) is 42.7 Å². The minimum absolute atomic E-state index is 0.139. The van der Waals surface area contributed by atoms with E-state index in [2.05, 4.69) is 19.1 Å². The van der Waals surface area contributed by atoms with Gasteiger partial charge in [0.2, 0.25) is 15.9 Å². The molecule has 9 nitrogen and oxygen atoms in total. The number of likely N-dealkylation sites (tertiary alicyclic amines) is 1. The van der Waals surface area contributed by atoms with Crippen molar-refractivity contribution in [2.45, 2.75) is 50.1 Å². The van der Waals surface area contributed by atoms with Gasteiger partial charge in [0.05, 0.1) is 22.3 Å². The molecule has 1 aliphatic heterocycles. The van der Waals surface area contributed by atoms with E-state index in [9.17, 15) is 13.2 Å². The van der Waals surface area contributed by atoms with Crippen molar-refractivity contribution in [3.8, 4) is 0 Å². The molecule has 0 unspecified atom stereocenters. The fraction of sp³-hybridized carbons (Fsp3) is 0.500. The number of hydrogen-bond acceptors (Lipinski definition) is 5. The third-order valence-electron chi connectivity index (χ3n) is 6.22. The maximum Gasteiger partial charge on any atom is 0.242 e. The second-order valence-corrected chi connectivity index (χ2v) is 10.5. The van der Waals surface area contributed by atoms with Gasteiger partial charge in [-0.1, -0.05) is 0 Å². The maximum absolute atomic E-state index is 12.8. The first-order chi connectivity index (χ1) is 15.3. The molecule has 4 rings (SSSR count). The molecule has 0 atom stereocenters. The SMILES string of the molecule is CCn1c(CCC(=O)N2CCC(n3ccnc3)CC2)nc2cc(S(=O)(=O)N(C)C)ccc21. The van der Waals surface area contributed by atoms with Crippen LogP contribution in [0, 0.1) is 0 Å². The fourth-order valence-corrected chi connectivity index (χ4v) is 5.27. The van der Waals surface area contributed by atoms with E-state index in [0.717, 1.165) is 37.3 Å². The van der Waals surface area contributed by atoms with Crippen LogP contribution in [-0.4, -0.2) is 69.8 Å². The maximum atomic E-state index is 12.8. The Labute approximate surface area is 188 Å². The summed E-state index contributed by atoms with van der Waals surface area (Å²) >= 11 is 0. The summed E-state index contributed by atoms with van der Waals surface area (Å²) < 4.78 is 30.3. The van der Waals surface area contributed by atoms with Crippen molar-refractivity contribution >= 4 is 27.0 Å². The van der Waals surface area contributed by atoms with Crippen molar-refractivity contribution in [3.63, 3.8) is 0 Å². The van der Waals surface area contributed by atoms with Crippen LogP contribution in [0.25, 0.3) is 11.0 Å². The first-order valence-electron chi connectivity index (χ1n) is 11.0. The van der Waals surface area contributed by atoms with Crippen LogP contribution in [0.2, 0.25) is 0 Å². The molecule has 2 aromatic heterocycles. The molecule has 1 fully saturated rings. The standard InChI is InChI=1S/C22H30N6O3S/c1-4-28-20-6-5-18(32(30,31)25(2)3)15-19(20)24-21(28)7-8-22(29)26-12-9-17(10-13-26)27-14-11-23-16-27/h5-6,11,14-17H,4,7-10,12-13H2,1-3H3. The number of carbonyl (C=O) groups is 1. The molecule has 3 heterocycles. The number of carbonyl (C=O) groups excluding carboxylic acids is 1. The zero-order valence-corrected chi connectivity index (χ0v) is 19.6. The second kappa shape index (κ2) is 9.03. The van der Waals surface area contributed by atoms with Gasteiger partial charge in [-0.2, -0.15) is 0 Å². The van der Waals surface area contributed by atoms with Gasteiger partial charge in [-0.05, 0) is 38.0 Å². The number of nitrogens with zero attached hydrogens (tertiary/aromatic N) is 6. The normalized spacial score (nSPS) is 15.7. The molecule has 10 heteroatoms. The Bertz CT molecular complexity index is 1190. The number of hydrogen-bond donors (Lipinski definition) is 0. The molecule has 0 saturated carbocycles. The lowest BCUT2D eigenvalue weighted by Gasteiger charge is -2.32. The Kier molecular flexibility index (Phi) is 6.34. The van der Waals surface area contributed by atoms with Gasteiger partial charge in [-0.25, -0.2) is 22.7 Å². The predicted molar refractivity (Wildman–Crippen MR) is 122 cm³/mol. The van der Waals surface area contributed by atoms with Crippen molar-refractivity contribution in [1.82, 2.24) is 28.3 Å². The summed E-state index contributed by atoms with van der Waals surface area (Å²) in [6, 6.07) is 5.43. The Morgan fingerprint density at radius 2 is 1.97 bits per heavy atom. The highest BCUT2D eigenvalue weighted by molar-refractivity contribution is 7.89. The largest absolute Gasteiger partial charge is 0.343 e. The quantitative estimate of drug-likeness (QED) is 0.542. The minimum atomic E-state index is -3.52. The van der Waals surface area contributed by atoms with Crippen LogP contribution < -0.4 is 0 Å². The molecule has 0 N–H and O–H groups in total. The van der Waals surface area contributed by atoms with Crippen LogP contribution in [0.5, 0.6) is 0 Å². The lowest BCUT2D eigenvalue weighted by atomic mass is 10.0. The molecule has 1 aliphatic rings. The zero-order chi connectivity index (χ0) is 22.9. The Morgan fingerprint density at radius 3 is 2.59 bits per heavy atom. The predicted octanol–water partition coefficient (Wildman–Crippen LogP) is 2.30. The van der Waals surface area contributed by atoms with Gasteiger partial charge >= 0.3 is 0 Å². The van der Waals surface area contributed by atoms with Crippen LogP contribution in [0.3, 0.4) is 0 Å². The number of rotatable bonds is 7.